The third-order valence-corrected chi connectivity index (χ3v) is 4.48. The monoisotopic (exact) mass is 314 g/mol. The maximum Gasteiger partial charge on any atom is 0.240 e. The van der Waals surface area contributed by atoms with E-state index in [1.54, 1.807) is 12.1 Å². The van der Waals surface area contributed by atoms with Crippen LogP contribution in [0.1, 0.15) is 18.4 Å². The zero-order valence-corrected chi connectivity index (χ0v) is 12.5. The lowest BCUT2D eigenvalue weighted by Crippen LogP contribution is -2.26. The Bertz CT molecular complexity index is 665. The van der Waals surface area contributed by atoms with Crippen molar-refractivity contribution in [2.75, 3.05) is 6.54 Å². The molecule has 1 heterocycles. The summed E-state index contributed by atoms with van der Waals surface area (Å²) in [6.07, 6.45) is 1.25. The second-order valence-electron chi connectivity index (χ2n) is 4.24. The lowest BCUT2D eigenvalue weighted by atomic mass is 10.2. The molecule has 5 nitrogen and oxygen atoms in total. The van der Waals surface area contributed by atoms with Gasteiger partial charge >= 0.3 is 0 Å². The second-order valence-corrected chi connectivity index (χ2v) is 6.44. The molecule has 0 atom stereocenters. The number of nitrogens with one attached hydrogen (secondary N) is 1. The largest absolute Gasteiger partial charge is 0.361 e. The van der Waals surface area contributed by atoms with Gasteiger partial charge in [-0.1, -0.05) is 23.7 Å². The van der Waals surface area contributed by atoms with Crippen LogP contribution in [0.3, 0.4) is 0 Å². The van der Waals surface area contributed by atoms with Gasteiger partial charge in [0.25, 0.3) is 0 Å². The Hall–Kier alpha value is -1.37. The molecule has 20 heavy (non-hydrogen) atoms. The van der Waals surface area contributed by atoms with E-state index in [0.29, 0.717) is 11.4 Å². The van der Waals surface area contributed by atoms with E-state index in [1.807, 2.05) is 13.0 Å². The van der Waals surface area contributed by atoms with Gasteiger partial charge in [-0.2, -0.15) is 0 Å². The smallest absolute Gasteiger partial charge is 0.240 e. The van der Waals surface area contributed by atoms with E-state index < -0.39 is 10.0 Å². The average Bonchev–Trinajstić information content (AvgIpc) is 2.87. The molecule has 7 heteroatoms. The van der Waals surface area contributed by atoms with Crippen LogP contribution < -0.4 is 4.72 Å². The number of hydrogen-bond acceptors (Lipinski definition) is 4. The number of benzene rings is 1. The number of hydrogen-bond donors (Lipinski definition) is 1. The van der Waals surface area contributed by atoms with Crippen LogP contribution in [0.25, 0.3) is 0 Å². The predicted molar refractivity (Wildman–Crippen MR) is 76.2 cm³/mol. The van der Waals surface area contributed by atoms with Gasteiger partial charge in [0.05, 0.1) is 10.6 Å². The first-order chi connectivity index (χ1) is 9.51. The van der Waals surface area contributed by atoms with E-state index in [4.69, 9.17) is 16.1 Å². The number of nitrogens with zero attached hydrogens (tertiary/aromatic N) is 1. The summed E-state index contributed by atoms with van der Waals surface area (Å²) < 4.78 is 31.6. The maximum atomic E-state index is 12.0. The van der Waals surface area contributed by atoms with E-state index in [0.717, 1.165) is 17.9 Å². The van der Waals surface area contributed by atoms with Gasteiger partial charge in [-0.15, -0.1) is 0 Å². The van der Waals surface area contributed by atoms with Crippen LogP contribution in [0.2, 0.25) is 5.02 Å². The maximum absolute atomic E-state index is 12.0. The molecule has 0 fully saturated rings. The van der Waals surface area contributed by atoms with Crippen LogP contribution in [0.5, 0.6) is 0 Å². The molecular formula is C13H15ClN2O3S. The molecule has 1 aromatic heterocycles. The third-order valence-electron chi connectivity index (χ3n) is 2.75. The van der Waals surface area contributed by atoms with Gasteiger partial charge in [-0.3, -0.25) is 0 Å². The minimum absolute atomic E-state index is 0.191. The number of aryl methyl sites for hydroxylation is 1. The quantitative estimate of drug-likeness (QED) is 0.888. The van der Waals surface area contributed by atoms with Crippen molar-refractivity contribution in [1.82, 2.24) is 9.88 Å². The normalized spacial score (nSPS) is 11.7. The highest BCUT2D eigenvalue weighted by molar-refractivity contribution is 7.89. The fraction of sp³-hybridized carbons (Fsp3) is 0.308. The van der Waals surface area contributed by atoms with Crippen LogP contribution in [0, 0.1) is 0 Å². The summed E-state index contributed by atoms with van der Waals surface area (Å²) in [4.78, 5) is 0.191. The van der Waals surface area contributed by atoms with E-state index in [2.05, 4.69) is 9.88 Å². The Morgan fingerprint density at radius 2 is 2.00 bits per heavy atom. The predicted octanol–water partition coefficient (Wildman–Crippen LogP) is 2.41. The van der Waals surface area contributed by atoms with Crippen LogP contribution in [-0.2, 0) is 22.9 Å². The minimum Gasteiger partial charge on any atom is -0.361 e. The lowest BCUT2D eigenvalue weighted by Gasteiger charge is -2.05. The third kappa shape index (κ3) is 3.82. The van der Waals surface area contributed by atoms with E-state index in [1.165, 1.54) is 12.1 Å². The summed E-state index contributed by atoms with van der Waals surface area (Å²) >= 11 is 5.73. The van der Waals surface area contributed by atoms with Gasteiger partial charge in [-0.25, -0.2) is 13.1 Å². The van der Waals surface area contributed by atoms with Crippen molar-refractivity contribution in [1.29, 1.82) is 0 Å². The Morgan fingerprint density at radius 3 is 2.60 bits per heavy atom. The molecule has 1 N–H and O–H groups in total. The summed E-state index contributed by atoms with van der Waals surface area (Å²) in [7, 11) is -3.51. The summed E-state index contributed by atoms with van der Waals surface area (Å²) in [6.45, 7) is 2.23. The van der Waals surface area contributed by atoms with Crippen molar-refractivity contribution < 1.29 is 12.9 Å². The molecule has 0 radical (unpaired) electrons. The van der Waals surface area contributed by atoms with E-state index in [9.17, 15) is 8.42 Å². The highest BCUT2D eigenvalue weighted by Crippen LogP contribution is 2.13. The van der Waals surface area contributed by atoms with Crippen LogP contribution in [0.4, 0.5) is 0 Å². The highest BCUT2D eigenvalue weighted by Gasteiger charge is 2.13. The molecule has 0 saturated carbocycles. The van der Waals surface area contributed by atoms with Gasteiger partial charge < -0.3 is 4.52 Å². The van der Waals surface area contributed by atoms with E-state index in [-0.39, 0.29) is 11.4 Å². The second kappa shape index (κ2) is 6.39. The fourth-order valence-electron chi connectivity index (χ4n) is 1.65. The molecule has 2 rings (SSSR count). The Balaban J connectivity index is 1.94. The van der Waals surface area contributed by atoms with Crippen molar-refractivity contribution in [3.63, 3.8) is 0 Å². The first-order valence-electron chi connectivity index (χ1n) is 6.21. The molecule has 0 aliphatic rings. The SMILES string of the molecule is CCc1cc(CCNS(=O)(=O)c2ccc(Cl)cc2)no1. The lowest BCUT2D eigenvalue weighted by molar-refractivity contribution is 0.380. The van der Waals surface area contributed by atoms with Crippen molar-refractivity contribution in [2.24, 2.45) is 0 Å². The molecule has 1 aromatic carbocycles. The summed E-state index contributed by atoms with van der Waals surface area (Å²) in [5.74, 6) is 0.792. The zero-order valence-electron chi connectivity index (χ0n) is 11.0. The van der Waals surface area contributed by atoms with Gasteiger partial charge in [0, 0.05) is 30.5 Å². The molecule has 108 valence electrons. The van der Waals surface area contributed by atoms with Gasteiger partial charge in [-0.05, 0) is 24.3 Å². The average molecular weight is 315 g/mol. The summed E-state index contributed by atoms with van der Waals surface area (Å²) in [5.41, 5.74) is 0.737. The standard InChI is InChI=1S/C13H15ClN2O3S/c1-2-12-9-11(16-19-12)7-8-15-20(17,18)13-5-3-10(14)4-6-13/h3-6,9,15H,2,7-8H2,1H3. The summed E-state index contributed by atoms with van der Waals surface area (Å²) in [6, 6.07) is 7.85. The zero-order chi connectivity index (χ0) is 14.6. The van der Waals surface area contributed by atoms with Gasteiger partial charge in [0.1, 0.15) is 5.76 Å². The van der Waals surface area contributed by atoms with Crippen molar-refractivity contribution in [3.8, 4) is 0 Å². The Labute approximate surface area is 123 Å². The fourth-order valence-corrected chi connectivity index (χ4v) is 2.81. The van der Waals surface area contributed by atoms with Crippen molar-refractivity contribution in [3.05, 3.63) is 46.8 Å². The molecule has 0 amide bonds. The number of aromatic nitrogens is 1. The molecule has 0 spiro atoms. The minimum atomic E-state index is -3.51. The van der Waals surface area contributed by atoms with E-state index >= 15 is 0 Å². The number of sulfonamides is 1. The molecule has 0 unspecified atom stereocenters. The first kappa shape index (κ1) is 15.0. The van der Waals surface area contributed by atoms with Crippen molar-refractivity contribution >= 4 is 21.6 Å². The molecule has 0 aliphatic carbocycles. The van der Waals surface area contributed by atoms with Gasteiger partial charge in [0.15, 0.2) is 0 Å². The topological polar surface area (TPSA) is 72.2 Å². The van der Waals surface area contributed by atoms with Crippen LogP contribution >= 0.6 is 11.6 Å². The molecule has 0 bridgehead atoms. The van der Waals surface area contributed by atoms with Gasteiger partial charge in [0.2, 0.25) is 10.0 Å². The number of halogens is 1. The summed E-state index contributed by atoms with van der Waals surface area (Å²) in [5, 5.41) is 4.36. The first-order valence-corrected chi connectivity index (χ1v) is 8.07. The Kier molecular flexibility index (Phi) is 4.80. The molecular weight excluding hydrogens is 300 g/mol. The number of rotatable bonds is 6. The Morgan fingerprint density at radius 1 is 1.30 bits per heavy atom. The molecule has 2 aromatic rings. The highest BCUT2D eigenvalue weighted by atomic mass is 35.5. The molecule has 0 aliphatic heterocycles. The van der Waals surface area contributed by atoms with Crippen LogP contribution in [-0.4, -0.2) is 20.1 Å². The van der Waals surface area contributed by atoms with Crippen molar-refractivity contribution in [2.45, 2.75) is 24.7 Å². The molecule has 0 saturated heterocycles. The van der Waals surface area contributed by atoms with Crippen LogP contribution in [0.15, 0.2) is 39.8 Å².